The van der Waals surface area contributed by atoms with Crippen molar-refractivity contribution < 1.29 is 14.6 Å². The number of nitrogens with one attached hydrogen (secondary N) is 1. The van der Waals surface area contributed by atoms with Gasteiger partial charge in [0.05, 0.1) is 18.7 Å². The number of hydrogen-bond acceptors (Lipinski definition) is 3. The Balaban J connectivity index is 2.74. The number of benzene rings is 1. The van der Waals surface area contributed by atoms with Gasteiger partial charge in [-0.25, -0.2) is 0 Å². The molecule has 0 radical (unpaired) electrons. The minimum Gasteiger partial charge on any atom is -0.384 e. The van der Waals surface area contributed by atoms with E-state index in [-0.39, 0.29) is 12.5 Å². The fourth-order valence-corrected chi connectivity index (χ4v) is 1.53. The molecule has 0 aliphatic heterocycles. The maximum absolute atomic E-state index is 11.7. The molecule has 0 fully saturated rings. The molecule has 102 valence electrons. The molecule has 0 heterocycles. The molecule has 1 aromatic carbocycles. The Labute approximate surface area is 113 Å². The standard InChI is InChI=1S/C15H19NO3/c1-3-19-10-8-15(18)16-14-7-6-12(2)11-13(14)5-4-9-17/h6-7,11,17H,3,8-10H2,1-2H3,(H,16,18). The first-order valence-electron chi connectivity index (χ1n) is 6.25. The minimum absolute atomic E-state index is 0.107. The Morgan fingerprint density at radius 3 is 2.95 bits per heavy atom. The fraction of sp³-hybridized carbons (Fsp3) is 0.400. The molecule has 0 saturated heterocycles. The third-order valence-electron chi connectivity index (χ3n) is 2.43. The topological polar surface area (TPSA) is 58.6 Å². The van der Waals surface area contributed by atoms with Crippen molar-refractivity contribution in [2.45, 2.75) is 20.3 Å². The Hall–Kier alpha value is -1.83. The molecule has 2 N–H and O–H groups in total. The molecule has 0 atom stereocenters. The minimum atomic E-state index is -0.203. The van der Waals surface area contributed by atoms with Crippen LogP contribution in [0.1, 0.15) is 24.5 Å². The molecular formula is C15H19NO3. The highest BCUT2D eigenvalue weighted by Crippen LogP contribution is 2.16. The largest absolute Gasteiger partial charge is 0.384 e. The summed E-state index contributed by atoms with van der Waals surface area (Å²) in [6, 6.07) is 5.60. The predicted octanol–water partition coefficient (Wildman–Crippen LogP) is 1.70. The number of anilines is 1. The van der Waals surface area contributed by atoms with Crippen LogP contribution in [-0.4, -0.2) is 30.8 Å². The van der Waals surface area contributed by atoms with Gasteiger partial charge in [-0.1, -0.05) is 17.9 Å². The molecule has 0 bridgehead atoms. The van der Waals surface area contributed by atoms with Crippen LogP contribution in [0, 0.1) is 18.8 Å². The number of aliphatic hydroxyl groups excluding tert-OH is 1. The van der Waals surface area contributed by atoms with E-state index in [1.807, 2.05) is 32.0 Å². The summed E-state index contributed by atoms with van der Waals surface area (Å²) in [6.45, 7) is 4.65. The van der Waals surface area contributed by atoms with Gasteiger partial charge in [-0.2, -0.15) is 0 Å². The summed E-state index contributed by atoms with van der Waals surface area (Å²) in [4.78, 5) is 11.7. The van der Waals surface area contributed by atoms with Crippen LogP contribution in [0.25, 0.3) is 0 Å². The second kappa shape index (κ2) is 8.30. The highest BCUT2D eigenvalue weighted by molar-refractivity contribution is 5.92. The van der Waals surface area contributed by atoms with E-state index >= 15 is 0 Å². The smallest absolute Gasteiger partial charge is 0.226 e. The van der Waals surface area contributed by atoms with Crippen LogP contribution in [0.5, 0.6) is 0 Å². The molecule has 0 aliphatic carbocycles. The van der Waals surface area contributed by atoms with Gasteiger partial charge in [0, 0.05) is 12.2 Å². The molecule has 0 spiro atoms. The molecule has 19 heavy (non-hydrogen) atoms. The quantitative estimate of drug-likeness (QED) is 0.626. The van der Waals surface area contributed by atoms with Crippen molar-refractivity contribution in [2.75, 3.05) is 25.1 Å². The zero-order valence-corrected chi connectivity index (χ0v) is 11.3. The van der Waals surface area contributed by atoms with Crippen molar-refractivity contribution >= 4 is 11.6 Å². The van der Waals surface area contributed by atoms with Gasteiger partial charge in [-0.15, -0.1) is 0 Å². The molecule has 1 aromatic rings. The van der Waals surface area contributed by atoms with Gasteiger partial charge in [-0.3, -0.25) is 4.79 Å². The number of aryl methyl sites for hydroxylation is 1. The summed E-state index contributed by atoms with van der Waals surface area (Å²) < 4.78 is 5.13. The van der Waals surface area contributed by atoms with Gasteiger partial charge in [0.1, 0.15) is 6.61 Å². The maximum atomic E-state index is 11.7. The molecule has 0 unspecified atom stereocenters. The zero-order chi connectivity index (χ0) is 14.1. The molecule has 0 saturated carbocycles. The van der Waals surface area contributed by atoms with Crippen LogP contribution in [0.2, 0.25) is 0 Å². The number of ether oxygens (including phenoxy) is 1. The van der Waals surface area contributed by atoms with Crippen LogP contribution in [0.15, 0.2) is 18.2 Å². The summed E-state index contributed by atoms with van der Waals surface area (Å²) >= 11 is 0. The van der Waals surface area contributed by atoms with Crippen LogP contribution in [0.3, 0.4) is 0 Å². The molecule has 4 heteroatoms. The zero-order valence-electron chi connectivity index (χ0n) is 11.3. The molecule has 4 nitrogen and oxygen atoms in total. The van der Waals surface area contributed by atoms with Gasteiger partial charge in [0.15, 0.2) is 0 Å². The third-order valence-corrected chi connectivity index (χ3v) is 2.43. The fourth-order valence-electron chi connectivity index (χ4n) is 1.53. The van der Waals surface area contributed by atoms with Crippen molar-refractivity contribution in [1.29, 1.82) is 0 Å². The second-order valence-electron chi connectivity index (χ2n) is 4.00. The van der Waals surface area contributed by atoms with Crippen molar-refractivity contribution in [1.82, 2.24) is 0 Å². The summed E-state index contributed by atoms with van der Waals surface area (Å²) in [5, 5.41) is 11.5. The van der Waals surface area contributed by atoms with Crippen LogP contribution in [0.4, 0.5) is 5.69 Å². The SMILES string of the molecule is CCOCCC(=O)Nc1ccc(C)cc1C#CCO. The van der Waals surface area contributed by atoms with E-state index in [0.29, 0.717) is 30.9 Å². The van der Waals surface area contributed by atoms with Crippen molar-refractivity contribution in [3.8, 4) is 11.8 Å². The van der Waals surface area contributed by atoms with E-state index in [4.69, 9.17) is 9.84 Å². The first kappa shape index (κ1) is 15.2. The number of aliphatic hydroxyl groups is 1. The normalized spacial score (nSPS) is 9.63. The maximum Gasteiger partial charge on any atom is 0.226 e. The number of rotatable bonds is 5. The van der Waals surface area contributed by atoms with Gasteiger partial charge >= 0.3 is 0 Å². The number of amides is 1. The average molecular weight is 261 g/mol. The molecule has 1 rings (SSSR count). The van der Waals surface area contributed by atoms with Crippen molar-refractivity contribution in [3.05, 3.63) is 29.3 Å². The van der Waals surface area contributed by atoms with E-state index in [2.05, 4.69) is 17.2 Å². The lowest BCUT2D eigenvalue weighted by atomic mass is 10.1. The van der Waals surface area contributed by atoms with E-state index < -0.39 is 0 Å². The summed E-state index contributed by atoms with van der Waals surface area (Å²) in [7, 11) is 0. The lowest BCUT2D eigenvalue weighted by Crippen LogP contribution is -2.15. The van der Waals surface area contributed by atoms with Gasteiger partial charge in [0.25, 0.3) is 0 Å². The van der Waals surface area contributed by atoms with E-state index in [1.54, 1.807) is 0 Å². The predicted molar refractivity (Wildman–Crippen MR) is 74.9 cm³/mol. The van der Waals surface area contributed by atoms with Crippen LogP contribution in [-0.2, 0) is 9.53 Å². The van der Waals surface area contributed by atoms with Crippen LogP contribution >= 0.6 is 0 Å². The van der Waals surface area contributed by atoms with Gasteiger partial charge in [0.2, 0.25) is 5.91 Å². The summed E-state index contributed by atoms with van der Waals surface area (Å²) in [5.74, 6) is 5.31. The highest BCUT2D eigenvalue weighted by Gasteiger charge is 2.06. The lowest BCUT2D eigenvalue weighted by Gasteiger charge is -2.08. The van der Waals surface area contributed by atoms with Crippen molar-refractivity contribution in [2.24, 2.45) is 0 Å². The van der Waals surface area contributed by atoms with E-state index in [1.165, 1.54) is 0 Å². The van der Waals surface area contributed by atoms with E-state index in [9.17, 15) is 4.79 Å². The summed E-state index contributed by atoms with van der Waals surface area (Å²) in [6.07, 6.45) is 0.314. The Morgan fingerprint density at radius 1 is 1.47 bits per heavy atom. The number of hydrogen-bond donors (Lipinski definition) is 2. The Morgan fingerprint density at radius 2 is 2.26 bits per heavy atom. The first-order chi connectivity index (χ1) is 9.17. The average Bonchev–Trinajstić information content (AvgIpc) is 2.39. The van der Waals surface area contributed by atoms with Gasteiger partial charge in [-0.05, 0) is 31.5 Å². The van der Waals surface area contributed by atoms with E-state index in [0.717, 1.165) is 5.56 Å². The molecule has 0 aliphatic rings. The van der Waals surface area contributed by atoms with Crippen LogP contribution < -0.4 is 5.32 Å². The molecular weight excluding hydrogens is 242 g/mol. The monoisotopic (exact) mass is 261 g/mol. The summed E-state index contributed by atoms with van der Waals surface area (Å²) in [5.41, 5.74) is 2.42. The molecule has 0 aromatic heterocycles. The number of carbonyl (C=O) groups excluding carboxylic acids is 1. The second-order valence-corrected chi connectivity index (χ2v) is 4.00. The third kappa shape index (κ3) is 5.56. The van der Waals surface area contributed by atoms with Crippen molar-refractivity contribution in [3.63, 3.8) is 0 Å². The Bertz CT molecular complexity index is 486. The Kier molecular flexibility index (Phi) is 6.65. The molecule has 1 amide bonds. The van der Waals surface area contributed by atoms with Gasteiger partial charge < -0.3 is 15.2 Å². The highest BCUT2D eigenvalue weighted by atomic mass is 16.5. The first-order valence-corrected chi connectivity index (χ1v) is 6.25. The lowest BCUT2D eigenvalue weighted by molar-refractivity contribution is -0.117. The number of carbonyl (C=O) groups is 1.